The van der Waals surface area contributed by atoms with E-state index in [0.29, 0.717) is 62.5 Å². The predicted molar refractivity (Wildman–Crippen MR) is 115 cm³/mol. The Hall–Kier alpha value is -3.87. The molecule has 0 atom stereocenters. The molecule has 2 fully saturated rings. The molecular formula is C22H23N7O3. The molecule has 3 aromatic heterocycles. The van der Waals surface area contributed by atoms with Gasteiger partial charge in [-0.15, -0.1) is 0 Å². The van der Waals surface area contributed by atoms with Crippen LogP contribution in [-0.2, 0) is 4.79 Å². The molecule has 10 nitrogen and oxygen atoms in total. The fraction of sp³-hybridized carbons (Fsp3) is 0.409. The van der Waals surface area contributed by atoms with Crippen molar-refractivity contribution in [3.63, 3.8) is 0 Å². The van der Waals surface area contributed by atoms with Crippen molar-refractivity contribution in [3.8, 4) is 17.7 Å². The lowest BCUT2D eigenvalue weighted by Crippen LogP contribution is -2.52. The largest absolute Gasteiger partial charge is 0.459 e. The zero-order valence-corrected chi connectivity index (χ0v) is 17.6. The molecule has 3 aromatic rings. The van der Waals surface area contributed by atoms with Gasteiger partial charge in [0.1, 0.15) is 6.07 Å². The summed E-state index contributed by atoms with van der Waals surface area (Å²) in [5, 5.41) is 9.47. The molecule has 0 N–H and O–H groups in total. The summed E-state index contributed by atoms with van der Waals surface area (Å²) >= 11 is 0. The third kappa shape index (κ3) is 3.89. The van der Waals surface area contributed by atoms with Crippen LogP contribution in [0.25, 0.3) is 11.7 Å². The molecule has 0 spiro atoms. The van der Waals surface area contributed by atoms with Crippen molar-refractivity contribution < 1.29 is 13.6 Å². The number of amides is 1. The van der Waals surface area contributed by atoms with Gasteiger partial charge >= 0.3 is 0 Å². The van der Waals surface area contributed by atoms with Gasteiger partial charge in [-0.1, -0.05) is 0 Å². The van der Waals surface area contributed by atoms with E-state index in [1.165, 1.54) is 6.26 Å². The van der Waals surface area contributed by atoms with E-state index >= 15 is 0 Å². The standard InChI is InChI=1S/C22H23N7O3/c23-15-17-21(32-19(26-17)18-3-1-14-31-18)28-8-4-16(5-9-28)20(30)27-10-12-29(13-11-27)22-24-6-2-7-25-22/h1-3,6-7,14,16H,4-5,8-13H2. The average molecular weight is 433 g/mol. The number of carbonyl (C=O) groups excluding carboxylic acids is 1. The van der Waals surface area contributed by atoms with Crippen molar-refractivity contribution in [2.45, 2.75) is 12.8 Å². The number of hydrogen-bond acceptors (Lipinski definition) is 9. The molecule has 0 aromatic carbocycles. The SMILES string of the molecule is N#Cc1nc(-c2ccco2)oc1N1CCC(C(=O)N2CCN(c3ncccn3)CC2)CC1. The van der Waals surface area contributed by atoms with Crippen LogP contribution in [0.4, 0.5) is 11.8 Å². The summed E-state index contributed by atoms with van der Waals surface area (Å²) in [5.41, 5.74) is 0.237. The topological polar surface area (TPSA) is 116 Å². The summed E-state index contributed by atoms with van der Waals surface area (Å²) in [4.78, 5) is 32.0. The quantitative estimate of drug-likeness (QED) is 0.610. The van der Waals surface area contributed by atoms with Crippen LogP contribution >= 0.6 is 0 Å². The maximum atomic E-state index is 13.1. The number of hydrogen-bond donors (Lipinski definition) is 0. The lowest BCUT2D eigenvalue weighted by molar-refractivity contribution is -0.136. The summed E-state index contributed by atoms with van der Waals surface area (Å²) in [6, 6.07) is 7.38. The first-order chi connectivity index (χ1) is 15.7. The van der Waals surface area contributed by atoms with Crippen molar-refractivity contribution >= 4 is 17.7 Å². The van der Waals surface area contributed by atoms with Gasteiger partial charge in [-0.2, -0.15) is 10.2 Å². The number of piperidine rings is 1. The summed E-state index contributed by atoms with van der Waals surface area (Å²) in [6.45, 7) is 4.07. The second-order valence-electron chi connectivity index (χ2n) is 7.88. The van der Waals surface area contributed by atoms with Crippen LogP contribution in [0.1, 0.15) is 18.5 Å². The normalized spacial score (nSPS) is 17.4. The van der Waals surface area contributed by atoms with Gasteiger partial charge in [-0.3, -0.25) is 4.79 Å². The van der Waals surface area contributed by atoms with Crippen molar-refractivity contribution in [2.24, 2.45) is 5.92 Å². The van der Waals surface area contributed by atoms with Gasteiger partial charge in [0.2, 0.25) is 23.4 Å². The lowest BCUT2D eigenvalue weighted by atomic mass is 9.95. The number of piperazine rings is 1. The molecule has 5 rings (SSSR count). The molecule has 10 heteroatoms. The number of nitriles is 1. The van der Waals surface area contributed by atoms with E-state index in [9.17, 15) is 10.1 Å². The second-order valence-corrected chi connectivity index (χ2v) is 7.88. The van der Waals surface area contributed by atoms with Crippen molar-refractivity contribution in [1.29, 1.82) is 5.26 Å². The smallest absolute Gasteiger partial charge is 0.266 e. The molecule has 1 amide bonds. The molecule has 2 aliphatic rings. The molecule has 0 saturated carbocycles. The minimum atomic E-state index is -0.0243. The Bertz CT molecular complexity index is 1090. The van der Waals surface area contributed by atoms with E-state index in [0.717, 1.165) is 13.1 Å². The number of rotatable bonds is 4. The van der Waals surface area contributed by atoms with Crippen LogP contribution in [0, 0.1) is 17.2 Å². The number of aromatic nitrogens is 3. The first kappa shape index (κ1) is 20.1. The number of nitrogens with zero attached hydrogens (tertiary/aromatic N) is 7. The average Bonchev–Trinajstić information content (AvgIpc) is 3.54. The Kier molecular flexibility index (Phi) is 5.46. The summed E-state index contributed by atoms with van der Waals surface area (Å²) in [6.07, 6.45) is 6.43. The summed E-state index contributed by atoms with van der Waals surface area (Å²) in [7, 11) is 0. The highest BCUT2D eigenvalue weighted by atomic mass is 16.4. The number of furan rings is 1. The number of anilines is 2. The molecule has 0 aliphatic carbocycles. The van der Waals surface area contributed by atoms with Crippen LogP contribution in [0.15, 0.2) is 45.7 Å². The van der Waals surface area contributed by atoms with Crippen LogP contribution in [0.3, 0.4) is 0 Å². The van der Waals surface area contributed by atoms with Gasteiger partial charge in [-0.25, -0.2) is 9.97 Å². The molecular weight excluding hydrogens is 410 g/mol. The van der Waals surface area contributed by atoms with Crippen LogP contribution in [-0.4, -0.2) is 65.0 Å². The van der Waals surface area contributed by atoms with E-state index in [1.807, 2.05) is 9.80 Å². The molecule has 0 unspecified atom stereocenters. The molecule has 32 heavy (non-hydrogen) atoms. The van der Waals surface area contributed by atoms with E-state index in [4.69, 9.17) is 8.83 Å². The Balaban J connectivity index is 1.18. The fourth-order valence-corrected chi connectivity index (χ4v) is 4.27. The third-order valence-corrected chi connectivity index (χ3v) is 6.00. The summed E-state index contributed by atoms with van der Waals surface area (Å²) < 4.78 is 11.2. The zero-order valence-electron chi connectivity index (χ0n) is 17.6. The van der Waals surface area contributed by atoms with E-state index in [-0.39, 0.29) is 17.5 Å². The highest BCUT2D eigenvalue weighted by Gasteiger charge is 2.33. The van der Waals surface area contributed by atoms with Gasteiger partial charge in [0.05, 0.1) is 6.26 Å². The molecule has 0 bridgehead atoms. The predicted octanol–water partition coefficient (Wildman–Crippen LogP) is 2.16. The Morgan fingerprint density at radius 3 is 2.44 bits per heavy atom. The summed E-state index contributed by atoms with van der Waals surface area (Å²) in [5.74, 6) is 2.11. The second kappa shape index (κ2) is 8.70. The fourth-order valence-electron chi connectivity index (χ4n) is 4.27. The van der Waals surface area contributed by atoms with Gasteiger partial charge in [0.15, 0.2) is 5.76 Å². The number of oxazole rings is 1. The van der Waals surface area contributed by atoms with Crippen molar-refractivity contribution in [1.82, 2.24) is 19.9 Å². The van der Waals surface area contributed by atoms with Crippen LogP contribution in [0.5, 0.6) is 0 Å². The van der Waals surface area contributed by atoms with E-state index in [2.05, 4.69) is 25.9 Å². The zero-order chi connectivity index (χ0) is 21.9. The molecule has 164 valence electrons. The molecule has 5 heterocycles. The molecule has 2 aliphatic heterocycles. The molecule has 2 saturated heterocycles. The first-order valence-electron chi connectivity index (χ1n) is 10.7. The van der Waals surface area contributed by atoms with Gasteiger partial charge in [0.25, 0.3) is 5.89 Å². The highest BCUT2D eigenvalue weighted by Crippen LogP contribution is 2.31. The van der Waals surface area contributed by atoms with Crippen molar-refractivity contribution in [3.05, 3.63) is 42.5 Å². The Morgan fingerprint density at radius 2 is 1.78 bits per heavy atom. The maximum Gasteiger partial charge on any atom is 0.266 e. The highest BCUT2D eigenvalue weighted by molar-refractivity contribution is 5.79. The first-order valence-corrected chi connectivity index (χ1v) is 10.7. The Morgan fingerprint density at radius 1 is 1.03 bits per heavy atom. The Labute approximate surface area is 185 Å². The van der Waals surface area contributed by atoms with E-state index in [1.54, 1.807) is 30.6 Å². The van der Waals surface area contributed by atoms with E-state index < -0.39 is 0 Å². The minimum Gasteiger partial charge on any atom is -0.459 e. The minimum absolute atomic E-state index is 0.0243. The number of carbonyl (C=O) groups is 1. The van der Waals surface area contributed by atoms with Crippen LogP contribution < -0.4 is 9.80 Å². The van der Waals surface area contributed by atoms with Gasteiger partial charge in [-0.05, 0) is 31.0 Å². The third-order valence-electron chi connectivity index (χ3n) is 6.00. The monoisotopic (exact) mass is 433 g/mol. The molecule has 0 radical (unpaired) electrons. The van der Waals surface area contributed by atoms with Gasteiger partial charge in [0, 0.05) is 57.6 Å². The van der Waals surface area contributed by atoms with Crippen molar-refractivity contribution in [2.75, 3.05) is 49.1 Å². The van der Waals surface area contributed by atoms with Crippen LogP contribution in [0.2, 0.25) is 0 Å². The maximum absolute atomic E-state index is 13.1. The van der Waals surface area contributed by atoms with Gasteiger partial charge < -0.3 is 23.5 Å². The lowest BCUT2D eigenvalue weighted by Gasteiger charge is -2.38.